The minimum absolute atomic E-state index is 0.0630. The van der Waals surface area contributed by atoms with Crippen LogP contribution in [0.25, 0.3) is 5.65 Å². The molecule has 2 heterocycles. The van der Waals surface area contributed by atoms with E-state index < -0.39 is 4.92 Å². The first-order chi connectivity index (χ1) is 10.6. The summed E-state index contributed by atoms with van der Waals surface area (Å²) in [5, 5.41) is 21.2. The van der Waals surface area contributed by atoms with Crippen molar-refractivity contribution < 1.29 is 9.72 Å². The van der Waals surface area contributed by atoms with Gasteiger partial charge in [0, 0.05) is 17.8 Å². The third-order valence-electron chi connectivity index (χ3n) is 3.11. The number of fused-ring (bicyclic) bond motifs is 1. The monoisotopic (exact) mass is 297 g/mol. The van der Waals surface area contributed by atoms with Gasteiger partial charge in [0.2, 0.25) is 5.91 Å². The summed E-state index contributed by atoms with van der Waals surface area (Å²) in [5.41, 5.74) is 1.54. The van der Waals surface area contributed by atoms with Gasteiger partial charge in [-0.25, -0.2) is 0 Å². The molecule has 0 spiro atoms. The van der Waals surface area contributed by atoms with E-state index in [4.69, 9.17) is 0 Å². The van der Waals surface area contributed by atoms with Crippen molar-refractivity contribution in [2.45, 2.75) is 6.42 Å². The minimum atomic E-state index is -0.494. The second kappa shape index (κ2) is 5.60. The summed E-state index contributed by atoms with van der Waals surface area (Å²) in [7, 11) is 0. The smallest absolute Gasteiger partial charge is 0.273 e. The molecule has 110 valence electrons. The number of para-hydroxylation sites is 1. The zero-order valence-electron chi connectivity index (χ0n) is 11.3. The summed E-state index contributed by atoms with van der Waals surface area (Å²) >= 11 is 0. The topological polar surface area (TPSA) is 102 Å². The molecule has 8 nitrogen and oxygen atoms in total. The molecule has 2 aromatic heterocycles. The van der Waals surface area contributed by atoms with Gasteiger partial charge in [-0.15, -0.1) is 10.2 Å². The Morgan fingerprint density at radius 2 is 2.09 bits per heavy atom. The Bertz CT molecular complexity index is 858. The van der Waals surface area contributed by atoms with E-state index in [-0.39, 0.29) is 18.0 Å². The van der Waals surface area contributed by atoms with Gasteiger partial charge in [0.15, 0.2) is 5.65 Å². The van der Waals surface area contributed by atoms with Crippen LogP contribution in [0.2, 0.25) is 0 Å². The largest absolute Gasteiger partial charge is 0.324 e. The molecule has 0 radical (unpaired) electrons. The van der Waals surface area contributed by atoms with E-state index in [1.165, 1.54) is 12.4 Å². The molecule has 3 rings (SSSR count). The second-order valence-electron chi connectivity index (χ2n) is 4.62. The number of nitro benzene ring substituents is 1. The Balaban J connectivity index is 1.76. The maximum Gasteiger partial charge on any atom is 0.273 e. The molecule has 0 aliphatic carbocycles. The summed E-state index contributed by atoms with van der Waals surface area (Å²) in [4.78, 5) is 22.5. The molecule has 1 aromatic carbocycles. The molecule has 0 atom stereocenters. The summed E-state index contributed by atoms with van der Waals surface area (Å²) in [6, 6.07) is 9.60. The zero-order valence-corrected chi connectivity index (χ0v) is 11.3. The van der Waals surface area contributed by atoms with Crippen LogP contribution in [0, 0.1) is 10.1 Å². The third kappa shape index (κ3) is 2.75. The summed E-state index contributed by atoms with van der Waals surface area (Å²) in [6.45, 7) is 0. The molecule has 0 saturated heterocycles. The van der Waals surface area contributed by atoms with Gasteiger partial charge in [-0.05, 0) is 12.1 Å². The minimum Gasteiger partial charge on any atom is -0.324 e. The van der Waals surface area contributed by atoms with E-state index in [0.29, 0.717) is 16.9 Å². The van der Waals surface area contributed by atoms with Gasteiger partial charge in [0.1, 0.15) is 6.33 Å². The lowest BCUT2D eigenvalue weighted by Gasteiger charge is -2.06. The van der Waals surface area contributed by atoms with Crippen molar-refractivity contribution in [3.63, 3.8) is 0 Å². The van der Waals surface area contributed by atoms with E-state index in [0.717, 1.165) is 0 Å². The number of aromatic nitrogens is 3. The van der Waals surface area contributed by atoms with Gasteiger partial charge in [-0.2, -0.15) is 0 Å². The fraction of sp³-hybridized carbons (Fsp3) is 0.0714. The highest BCUT2D eigenvalue weighted by Gasteiger charge is 2.15. The quantitative estimate of drug-likeness (QED) is 0.584. The van der Waals surface area contributed by atoms with Crippen LogP contribution in [0.1, 0.15) is 5.56 Å². The van der Waals surface area contributed by atoms with E-state index in [9.17, 15) is 14.9 Å². The van der Waals surface area contributed by atoms with Crippen molar-refractivity contribution in [3.05, 3.63) is 64.6 Å². The molecule has 0 aliphatic rings. The number of nitrogens with one attached hydrogen (secondary N) is 1. The molecule has 22 heavy (non-hydrogen) atoms. The number of anilines is 1. The molecular formula is C14H11N5O3. The van der Waals surface area contributed by atoms with Crippen molar-refractivity contribution in [3.8, 4) is 0 Å². The van der Waals surface area contributed by atoms with Gasteiger partial charge in [0.05, 0.1) is 17.0 Å². The van der Waals surface area contributed by atoms with Crippen LogP contribution in [0.4, 0.5) is 11.4 Å². The Morgan fingerprint density at radius 3 is 2.91 bits per heavy atom. The van der Waals surface area contributed by atoms with Crippen molar-refractivity contribution in [2.24, 2.45) is 0 Å². The number of nitro groups is 1. The van der Waals surface area contributed by atoms with Crippen LogP contribution in [0.15, 0.2) is 48.9 Å². The molecule has 1 amide bonds. The lowest BCUT2D eigenvalue weighted by molar-refractivity contribution is -0.385. The Labute approximate surface area is 124 Å². The van der Waals surface area contributed by atoms with E-state index >= 15 is 0 Å². The maximum atomic E-state index is 12.1. The van der Waals surface area contributed by atoms with Crippen LogP contribution in [0.3, 0.4) is 0 Å². The Kier molecular flexibility index (Phi) is 3.48. The first-order valence-corrected chi connectivity index (χ1v) is 6.45. The highest BCUT2D eigenvalue weighted by atomic mass is 16.6. The molecule has 0 fully saturated rings. The number of hydrogen-bond acceptors (Lipinski definition) is 5. The normalized spacial score (nSPS) is 10.5. The van der Waals surface area contributed by atoms with E-state index in [2.05, 4.69) is 15.5 Å². The molecule has 1 N–H and O–H groups in total. The zero-order chi connectivity index (χ0) is 15.5. The third-order valence-corrected chi connectivity index (χ3v) is 3.11. The highest BCUT2D eigenvalue weighted by Crippen LogP contribution is 2.18. The second-order valence-corrected chi connectivity index (χ2v) is 4.62. The van der Waals surface area contributed by atoms with Crippen LogP contribution >= 0.6 is 0 Å². The van der Waals surface area contributed by atoms with Crippen molar-refractivity contribution in [1.82, 2.24) is 14.6 Å². The van der Waals surface area contributed by atoms with Crippen LogP contribution in [-0.4, -0.2) is 25.4 Å². The molecule has 0 bridgehead atoms. The standard InChI is InChI=1S/C14H11N5O3/c20-14(7-10-3-1-2-4-12(10)19(21)22)16-11-5-6-13-17-15-9-18(13)8-11/h1-6,8-9H,7H2,(H,16,20). The van der Waals surface area contributed by atoms with Crippen LogP contribution in [-0.2, 0) is 11.2 Å². The van der Waals surface area contributed by atoms with Gasteiger partial charge in [-0.3, -0.25) is 19.3 Å². The fourth-order valence-corrected chi connectivity index (χ4v) is 2.12. The predicted molar refractivity (Wildman–Crippen MR) is 78.4 cm³/mol. The first kappa shape index (κ1) is 13.7. The van der Waals surface area contributed by atoms with E-state index in [1.54, 1.807) is 40.9 Å². The van der Waals surface area contributed by atoms with Gasteiger partial charge >= 0.3 is 0 Å². The lowest BCUT2D eigenvalue weighted by atomic mass is 10.1. The number of rotatable bonds is 4. The SMILES string of the molecule is O=C(Cc1ccccc1[N+](=O)[O-])Nc1ccc2nncn2c1. The molecule has 0 aliphatic heterocycles. The molecule has 0 unspecified atom stereocenters. The maximum absolute atomic E-state index is 12.1. The average molecular weight is 297 g/mol. The number of hydrogen-bond donors (Lipinski definition) is 1. The molecule has 0 saturated carbocycles. The average Bonchev–Trinajstić information content (AvgIpc) is 2.95. The van der Waals surface area contributed by atoms with Gasteiger partial charge < -0.3 is 5.32 Å². The summed E-state index contributed by atoms with van der Waals surface area (Å²) in [5.74, 6) is -0.332. The van der Waals surface area contributed by atoms with Crippen molar-refractivity contribution in [2.75, 3.05) is 5.32 Å². The molecule has 3 aromatic rings. The highest BCUT2D eigenvalue weighted by molar-refractivity contribution is 5.92. The number of benzene rings is 1. The number of pyridine rings is 1. The van der Waals surface area contributed by atoms with E-state index in [1.807, 2.05) is 0 Å². The molecular weight excluding hydrogens is 286 g/mol. The van der Waals surface area contributed by atoms with Crippen LogP contribution in [0.5, 0.6) is 0 Å². The van der Waals surface area contributed by atoms with Crippen molar-refractivity contribution >= 4 is 22.9 Å². The van der Waals surface area contributed by atoms with Crippen molar-refractivity contribution in [1.29, 1.82) is 0 Å². The van der Waals surface area contributed by atoms with Gasteiger partial charge in [-0.1, -0.05) is 18.2 Å². The van der Waals surface area contributed by atoms with Gasteiger partial charge in [0.25, 0.3) is 5.69 Å². The fourth-order valence-electron chi connectivity index (χ4n) is 2.12. The predicted octanol–water partition coefficient (Wildman–Crippen LogP) is 1.82. The van der Waals surface area contributed by atoms with Crippen LogP contribution < -0.4 is 5.32 Å². The summed E-state index contributed by atoms with van der Waals surface area (Å²) in [6.07, 6.45) is 3.12. The number of carbonyl (C=O) groups is 1. The number of amides is 1. The summed E-state index contributed by atoms with van der Waals surface area (Å²) < 4.78 is 1.67. The number of carbonyl (C=O) groups excluding carboxylic acids is 1. The Morgan fingerprint density at radius 1 is 1.27 bits per heavy atom. The number of nitrogens with zero attached hydrogens (tertiary/aromatic N) is 4. The molecule has 8 heteroatoms. The first-order valence-electron chi connectivity index (χ1n) is 6.45. The Hall–Kier alpha value is -3.29. The lowest BCUT2D eigenvalue weighted by Crippen LogP contribution is -2.15.